The van der Waals surface area contributed by atoms with Crippen LogP contribution < -0.4 is 0 Å². The van der Waals surface area contributed by atoms with E-state index < -0.39 is 18.9 Å². The SMILES string of the molecule is COCCN(CC(F)F)C(=O)Cn1c(-c2ccc(C)cc2)n[nH]c1=S. The Balaban J connectivity index is 2.23. The number of aromatic nitrogens is 3. The van der Waals surface area contributed by atoms with E-state index in [0.29, 0.717) is 5.82 Å². The van der Waals surface area contributed by atoms with Gasteiger partial charge in [0.1, 0.15) is 6.54 Å². The molecule has 0 saturated carbocycles. The van der Waals surface area contributed by atoms with Gasteiger partial charge in [-0.3, -0.25) is 14.5 Å². The quantitative estimate of drug-likeness (QED) is 0.726. The molecule has 0 aliphatic heterocycles. The molecule has 0 spiro atoms. The Morgan fingerprint density at radius 2 is 2.08 bits per heavy atom. The van der Waals surface area contributed by atoms with Crippen LogP contribution in [0, 0.1) is 11.7 Å². The Labute approximate surface area is 149 Å². The predicted octanol–water partition coefficient (Wildman–Crippen LogP) is 2.66. The topological polar surface area (TPSA) is 63.1 Å². The summed E-state index contributed by atoms with van der Waals surface area (Å²) in [6.45, 7) is 1.41. The Morgan fingerprint density at radius 1 is 1.40 bits per heavy atom. The van der Waals surface area contributed by atoms with Gasteiger partial charge >= 0.3 is 0 Å². The van der Waals surface area contributed by atoms with Crippen LogP contribution in [0.3, 0.4) is 0 Å². The van der Waals surface area contributed by atoms with Crippen LogP contribution >= 0.6 is 12.2 Å². The summed E-state index contributed by atoms with van der Waals surface area (Å²) in [7, 11) is 1.45. The second kappa shape index (κ2) is 8.82. The zero-order chi connectivity index (χ0) is 18.4. The molecular weight excluding hydrogens is 350 g/mol. The molecule has 136 valence electrons. The summed E-state index contributed by atoms with van der Waals surface area (Å²) >= 11 is 5.18. The summed E-state index contributed by atoms with van der Waals surface area (Å²) in [6, 6.07) is 7.56. The maximum Gasteiger partial charge on any atom is 0.255 e. The highest BCUT2D eigenvalue weighted by molar-refractivity contribution is 7.71. The molecule has 9 heteroatoms. The molecule has 2 rings (SSSR count). The van der Waals surface area contributed by atoms with Crippen molar-refractivity contribution in [2.45, 2.75) is 19.9 Å². The zero-order valence-electron chi connectivity index (χ0n) is 14.0. The molecule has 1 amide bonds. The average Bonchev–Trinajstić information content (AvgIpc) is 2.92. The van der Waals surface area contributed by atoms with Crippen molar-refractivity contribution in [1.29, 1.82) is 0 Å². The molecule has 1 aromatic carbocycles. The second-order valence-corrected chi connectivity index (χ2v) is 5.91. The van der Waals surface area contributed by atoms with Crippen molar-refractivity contribution < 1.29 is 18.3 Å². The first kappa shape index (κ1) is 19.2. The van der Waals surface area contributed by atoms with Gasteiger partial charge in [-0.15, -0.1) is 0 Å². The van der Waals surface area contributed by atoms with Crippen molar-refractivity contribution in [3.63, 3.8) is 0 Å². The third-order valence-corrected chi connectivity index (χ3v) is 3.95. The molecule has 0 unspecified atom stereocenters. The molecular formula is C16H20F2N4O2S. The predicted molar refractivity (Wildman–Crippen MR) is 92.0 cm³/mol. The van der Waals surface area contributed by atoms with E-state index >= 15 is 0 Å². The Morgan fingerprint density at radius 3 is 2.68 bits per heavy atom. The number of halogens is 2. The molecule has 0 radical (unpaired) electrons. The van der Waals surface area contributed by atoms with E-state index in [-0.39, 0.29) is 24.5 Å². The van der Waals surface area contributed by atoms with E-state index in [2.05, 4.69) is 10.2 Å². The normalized spacial score (nSPS) is 11.1. The van der Waals surface area contributed by atoms with Gasteiger partial charge < -0.3 is 9.64 Å². The zero-order valence-corrected chi connectivity index (χ0v) is 14.9. The van der Waals surface area contributed by atoms with Gasteiger partial charge in [0, 0.05) is 19.2 Å². The van der Waals surface area contributed by atoms with E-state index in [4.69, 9.17) is 17.0 Å². The van der Waals surface area contributed by atoms with Crippen molar-refractivity contribution in [1.82, 2.24) is 19.7 Å². The molecule has 2 aromatic rings. The van der Waals surface area contributed by atoms with Gasteiger partial charge in [-0.2, -0.15) is 5.10 Å². The number of alkyl halides is 2. The number of amides is 1. The number of hydrogen-bond acceptors (Lipinski definition) is 4. The lowest BCUT2D eigenvalue weighted by Crippen LogP contribution is -2.39. The molecule has 0 saturated heterocycles. The highest BCUT2D eigenvalue weighted by atomic mass is 32.1. The standard InChI is InChI=1S/C16H20F2N4O2S/c1-11-3-5-12(6-4-11)15-19-20-16(25)22(15)10-14(23)21(7-8-24-2)9-13(17)18/h3-6,13H,7-10H2,1-2H3,(H,20,25). The molecule has 25 heavy (non-hydrogen) atoms. The number of aryl methyl sites for hydroxylation is 1. The number of carbonyl (C=O) groups excluding carboxylic acids is 1. The Kier molecular flexibility index (Phi) is 6.77. The van der Waals surface area contributed by atoms with Crippen molar-refractivity contribution in [3.05, 3.63) is 34.6 Å². The van der Waals surface area contributed by atoms with E-state index in [0.717, 1.165) is 16.0 Å². The van der Waals surface area contributed by atoms with Gasteiger partial charge in [-0.25, -0.2) is 8.78 Å². The van der Waals surface area contributed by atoms with Crippen LogP contribution in [0.5, 0.6) is 0 Å². The van der Waals surface area contributed by atoms with Gasteiger partial charge in [-0.05, 0) is 19.1 Å². The van der Waals surface area contributed by atoms with Gasteiger partial charge in [0.25, 0.3) is 6.43 Å². The number of benzene rings is 1. The molecule has 1 N–H and O–H groups in total. The van der Waals surface area contributed by atoms with Crippen LogP contribution in [0.2, 0.25) is 0 Å². The minimum atomic E-state index is -2.62. The Hall–Kier alpha value is -2.13. The average molecular weight is 370 g/mol. The fourth-order valence-corrected chi connectivity index (χ4v) is 2.51. The first-order valence-corrected chi connectivity index (χ1v) is 8.10. The molecule has 1 aromatic heterocycles. The molecule has 6 nitrogen and oxygen atoms in total. The number of ether oxygens (including phenoxy) is 1. The van der Waals surface area contributed by atoms with Gasteiger partial charge in [0.05, 0.1) is 13.2 Å². The molecule has 0 bridgehead atoms. The highest BCUT2D eigenvalue weighted by Crippen LogP contribution is 2.18. The molecule has 0 fully saturated rings. The van der Waals surface area contributed by atoms with Crippen LogP contribution in [0.25, 0.3) is 11.4 Å². The van der Waals surface area contributed by atoms with Crippen molar-refractivity contribution in [2.24, 2.45) is 0 Å². The third kappa shape index (κ3) is 5.17. The van der Waals surface area contributed by atoms with Crippen molar-refractivity contribution in [2.75, 3.05) is 26.8 Å². The van der Waals surface area contributed by atoms with E-state index in [1.54, 1.807) is 0 Å². The van der Waals surface area contributed by atoms with Gasteiger partial charge in [-0.1, -0.05) is 29.8 Å². The summed E-state index contributed by atoms with van der Waals surface area (Å²) in [5.74, 6) is 0.0188. The fraction of sp³-hybridized carbons (Fsp3) is 0.438. The maximum atomic E-state index is 12.7. The second-order valence-electron chi connectivity index (χ2n) is 5.53. The number of rotatable bonds is 8. The summed E-state index contributed by atoms with van der Waals surface area (Å²) < 4.78 is 32.1. The summed E-state index contributed by atoms with van der Waals surface area (Å²) in [6.07, 6.45) is -2.62. The van der Waals surface area contributed by atoms with Crippen molar-refractivity contribution >= 4 is 18.1 Å². The summed E-state index contributed by atoms with van der Waals surface area (Å²) in [4.78, 5) is 13.5. The highest BCUT2D eigenvalue weighted by Gasteiger charge is 2.20. The van der Waals surface area contributed by atoms with E-state index in [1.807, 2.05) is 31.2 Å². The minimum absolute atomic E-state index is 0.0880. The van der Waals surface area contributed by atoms with E-state index in [9.17, 15) is 13.6 Å². The Bertz CT molecular complexity index is 758. The first-order chi connectivity index (χ1) is 11.9. The van der Waals surface area contributed by atoms with Crippen LogP contribution in [0.4, 0.5) is 8.78 Å². The number of methoxy groups -OCH3 is 1. The van der Waals surface area contributed by atoms with Crippen molar-refractivity contribution in [3.8, 4) is 11.4 Å². The molecule has 0 aliphatic carbocycles. The number of H-pyrrole nitrogens is 1. The lowest BCUT2D eigenvalue weighted by molar-refractivity contribution is -0.134. The van der Waals surface area contributed by atoms with Crippen LogP contribution in [-0.4, -0.2) is 58.8 Å². The van der Waals surface area contributed by atoms with Crippen LogP contribution in [0.15, 0.2) is 24.3 Å². The monoisotopic (exact) mass is 370 g/mol. The lowest BCUT2D eigenvalue weighted by Gasteiger charge is -2.22. The summed E-state index contributed by atoms with van der Waals surface area (Å²) in [5, 5.41) is 6.80. The minimum Gasteiger partial charge on any atom is -0.383 e. The largest absolute Gasteiger partial charge is 0.383 e. The van der Waals surface area contributed by atoms with Crippen LogP contribution in [0.1, 0.15) is 5.56 Å². The number of hydrogen-bond donors (Lipinski definition) is 1. The maximum absolute atomic E-state index is 12.7. The summed E-state index contributed by atoms with van der Waals surface area (Å²) in [5.41, 5.74) is 1.87. The molecule has 0 atom stereocenters. The number of nitrogens with zero attached hydrogens (tertiary/aromatic N) is 3. The molecule has 1 heterocycles. The smallest absolute Gasteiger partial charge is 0.255 e. The molecule has 0 aliphatic rings. The van der Waals surface area contributed by atoms with Gasteiger partial charge in [0.2, 0.25) is 5.91 Å². The number of carbonyl (C=O) groups is 1. The number of aromatic amines is 1. The van der Waals surface area contributed by atoms with Crippen LogP contribution in [-0.2, 0) is 16.1 Å². The third-order valence-electron chi connectivity index (χ3n) is 3.64. The fourth-order valence-electron chi connectivity index (χ4n) is 2.31. The van der Waals surface area contributed by atoms with E-state index in [1.165, 1.54) is 11.7 Å². The number of nitrogens with one attached hydrogen (secondary N) is 1. The first-order valence-electron chi connectivity index (χ1n) is 7.69. The van der Waals surface area contributed by atoms with Gasteiger partial charge in [0.15, 0.2) is 10.6 Å². The lowest BCUT2D eigenvalue weighted by atomic mass is 10.1.